The Balaban J connectivity index is 1.74. The molecule has 6 nitrogen and oxygen atoms in total. The van der Waals surface area contributed by atoms with Gasteiger partial charge in [-0.3, -0.25) is 13.9 Å². The van der Waals surface area contributed by atoms with Crippen molar-refractivity contribution < 1.29 is 4.79 Å². The summed E-state index contributed by atoms with van der Waals surface area (Å²) in [6.07, 6.45) is 3.05. The van der Waals surface area contributed by atoms with Gasteiger partial charge in [0.1, 0.15) is 0 Å². The van der Waals surface area contributed by atoms with Gasteiger partial charge in [-0.2, -0.15) is 0 Å². The highest BCUT2D eigenvalue weighted by atomic mass is 35.5. The van der Waals surface area contributed by atoms with Crippen molar-refractivity contribution in [1.29, 1.82) is 0 Å². The number of amides is 1. The topological polar surface area (TPSA) is 59.3 Å². The summed E-state index contributed by atoms with van der Waals surface area (Å²) in [6.45, 7) is 10.1. The van der Waals surface area contributed by atoms with E-state index in [0.717, 1.165) is 42.7 Å². The highest BCUT2D eigenvalue weighted by Crippen LogP contribution is 2.31. The number of anilines is 1. The molecule has 0 bridgehead atoms. The van der Waals surface area contributed by atoms with Crippen LogP contribution in [0.2, 0.25) is 5.02 Å². The molecule has 0 spiro atoms. The maximum atomic E-state index is 13.4. The minimum atomic E-state index is -0.0890. The molecule has 0 saturated carbocycles. The summed E-state index contributed by atoms with van der Waals surface area (Å²) >= 11 is 6.31. The number of carbonyl (C=O) groups excluding carboxylic acids is 1. The average molecular weight is 481 g/mol. The van der Waals surface area contributed by atoms with E-state index in [1.54, 1.807) is 4.57 Å². The molecule has 4 rings (SSSR count). The lowest BCUT2D eigenvalue weighted by atomic mass is 9.86. The van der Waals surface area contributed by atoms with Crippen molar-refractivity contribution in [2.24, 2.45) is 5.92 Å². The minimum absolute atomic E-state index is 0.0353. The Morgan fingerprint density at radius 3 is 2.53 bits per heavy atom. The number of hydrogen-bond acceptors (Lipinski definition) is 3. The van der Waals surface area contributed by atoms with Gasteiger partial charge < -0.3 is 10.2 Å². The number of aryl methyl sites for hydroxylation is 1. The van der Waals surface area contributed by atoms with Crippen molar-refractivity contribution in [1.82, 2.24) is 14.5 Å². The number of hydrogen-bond donors (Lipinski definition) is 1. The van der Waals surface area contributed by atoms with Crippen LogP contribution in [-0.2, 0) is 11.3 Å². The highest BCUT2D eigenvalue weighted by Gasteiger charge is 2.32. The molecule has 2 aromatic carbocycles. The zero-order chi connectivity index (χ0) is 24.2. The maximum absolute atomic E-state index is 13.4. The molecule has 1 aliphatic heterocycles. The third-order valence-corrected chi connectivity index (χ3v) is 7.02. The SMILES string of the molecule is C=C(C)n1c(=O)n(CCC(C2CCNCC2)N(C(=O)CC)c2cccc(Cl)c2)c2ccccc21. The molecule has 1 N–H and O–H groups in total. The summed E-state index contributed by atoms with van der Waals surface area (Å²) < 4.78 is 3.49. The molecule has 1 amide bonds. The first-order valence-electron chi connectivity index (χ1n) is 12.1. The summed E-state index contributed by atoms with van der Waals surface area (Å²) in [6, 6.07) is 15.3. The number of halogens is 1. The number of allylic oxidation sites excluding steroid dienone is 1. The molecule has 2 heterocycles. The molecule has 1 atom stereocenters. The van der Waals surface area contributed by atoms with Crippen molar-refractivity contribution in [3.8, 4) is 0 Å². The fourth-order valence-electron chi connectivity index (χ4n) is 5.18. The van der Waals surface area contributed by atoms with E-state index in [2.05, 4.69) is 11.9 Å². The number of fused-ring (bicyclic) bond motifs is 1. The third kappa shape index (κ3) is 4.84. The molecule has 1 unspecified atom stereocenters. The summed E-state index contributed by atoms with van der Waals surface area (Å²) in [7, 11) is 0. The number of aromatic nitrogens is 2. The highest BCUT2D eigenvalue weighted by molar-refractivity contribution is 6.30. The quantitative estimate of drug-likeness (QED) is 0.485. The van der Waals surface area contributed by atoms with E-state index in [9.17, 15) is 9.59 Å². The van der Waals surface area contributed by atoms with E-state index in [0.29, 0.717) is 36.0 Å². The van der Waals surface area contributed by atoms with Gasteiger partial charge in [0.15, 0.2) is 0 Å². The Kier molecular flexibility index (Phi) is 7.59. The molecule has 34 heavy (non-hydrogen) atoms. The molecule has 0 radical (unpaired) electrons. The molecular weight excluding hydrogens is 448 g/mol. The molecule has 1 fully saturated rings. The Morgan fingerprint density at radius 2 is 1.88 bits per heavy atom. The summed E-state index contributed by atoms with van der Waals surface area (Å²) in [5.74, 6) is 0.406. The fourth-order valence-corrected chi connectivity index (χ4v) is 5.36. The summed E-state index contributed by atoms with van der Waals surface area (Å²) in [4.78, 5) is 28.6. The second-order valence-corrected chi connectivity index (χ2v) is 9.47. The molecule has 3 aromatic rings. The van der Waals surface area contributed by atoms with Crippen LogP contribution in [0.15, 0.2) is 59.9 Å². The van der Waals surface area contributed by atoms with E-state index in [-0.39, 0.29) is 17.6 Å². The van der Waals surface area contributed by atoms with E-state index in [1.807, 2.05) is 71.8 Å². The van der Waals surface area contributed by atoms with Crippen molar-refractivity contribution in [3.63, 3.8) is 0 Å². The maximum Gasteiger partial charge on any atom is 0.333 e. The lowest BCUT2D eigenvalue weighted by Gasteiger charge is -2.39. The predicted molar refractivity (Wildman–Crippen MR) is 140 cm³/mol. The first-order chi connectivity index (χ1) is 16.4. The normalized spacial score (nSPS) is 15.4. The molecule has 0 aliphatic carbocycles. The van der Waals surface area contributed by atoms with Gasteiger partial charge in [0, 0.05) is 35.4 Å². The molecule has 180 valence electrons. The van der Waals surface area contributed by atoms with E-state index < -0.39 is 0 Å². The number of carbonyl (C=O) groups is 1. The Labute approximate surface area is 205 Å². The van der Waals surface area contributed by atoms with Gasteiger partial charge in [0.05, 0.1) is 11.0 Å². The monoisotopic (exact) mass is 480 g/mol. The second kappa shape index (κ2) is 10.6. The van der Waals surface area contributed by atoms with Crippen LogP contribution in [0.3, 0.4) is 0 Å². The molecular formula is C27H33ClN4O2. The molecule has 1 saturated heterocycles. The lowest BCUT2D eigenvalue weighted by Crippen LogP contribution is -2.48. The zero-order valence-corrected chi connectivity index (χ0v) is 20.7. The van der Waals surface area contributed by atoms with Gasteiger partial charge in [-0.15, -0.1) is 0 Å². The Morgan fingerprint density at radius 1 is 1.18 bits per heavy atom. The first kappa shape index (κ1) is 24.3. The van der Waals surface area contributed by atoms with Crippen LogP contribution in [0.1, 0.15) is 39.5 Å². The predicted octanol–water partition coefficient (Wildman–Crippen LogP) is 5.15. The van der Waals surface area contributed by atoms with Crippen molar-refractivity contribution in [2.45, 2.75) is 52.1 Å². The van der Waals surface area contributed by atoms with Crippen LogP contribution < -0.4 is 15.9 Å². The van der Waals surface area contributed by atoms with Crippen molar-refractivity contribution in [3.05, 3.63) is 70.6 Å². The second-order valence-electron chi connectivity index (χ2n) is 9.03. The van der Waals surface area contributed by atoms with E-state index >= 15 is 0 Å². The van der Waals surface area contributed by atoms with Gasteiger partial charge >= 0.3 is 5.69 Å². The number of benzene rings is 2. The minimum Gasteiger partial charge on any atom is -0.317 e. The van der Waals surface area contributed by atoms with Gasteiger partial charge in [0.25, 0.3) is 0 Å². The summed E-state index contributed by atoms with van der Waals surface area (Å²) in [5, 5.41) is 4.04. The molecule has 1 aliphatic rings. The lowest BCUT2D eigenvalue weighted by molar-refractivity contribution is -0.119. The number of nitrogens with zero attached hydrogens (tertiary/aromatic N) is 3. The van der Waals surface area contributed by atoms with Crippen LogP contribution >= 0.6 is 11.6 Å². The molecule has 7 heteroatoms. The van der Waals surface area contributed by atoms with Gasteiger partial charge in [-0.05, 0) is 75.5 Å². The zero-order valence-electron chi connectivity index (χ0n) is 20.0. The van der Waals surface area contributed by atoms with Crippen molar-refractivity contribution >= 4 is 39.9 Å². The molecule has 1 aromatic heterocycles. The van der Waals surface area contributed by atoms with Crippen LogP contribution in [0.25, 0.3) is 16.7 Å². The van der Waals surface area contributed by atoms with Crippen molar-refractivity contribution in [2.75, 3.05) is 18.0 Å². The number of imidazole rings is 1. The van der Waals surface area contributed by atoms with Gasteiger partial charge in [-0.25, -0.2) is 4.79 Å². The average Bonchev–Trinajstić information content (AvgIpc) is 3.13. The van der Waals surface area contributed by atoms with E-state index in [1.165, 1.54) is 0 Å². The number of nitrogens with one attached hydrogen (secondary N) is 1. The standard InChI is InChI=1S/C27H33ClN4O2/c1-4-26(33)32(22-9-7-8-21(28)18-22)23(20-12-15-29-16-13-20)14-17-30-24-10-5-6-11-25(24)31(19(2)3)27(30)34/h5-11,18,20,23,29H,2,4,12-17H2,1,3H3. The van der Waals surface area contributed by atoms with Crippen LogP contribution in [-0.4, -0.2) is 34.2 Å². The summed E-state index contributed by atoms with van der Waals surface area (Å²) in [5.41, 5.74) is 3.16. The Hall–Kier alpha value is -2.83. The third-order valence-electron chi connectivity index (χ3n) is 6.78. The van der Waals surface area contributed by atoms with E-state index in [4.69, 9.17) is 11.6 Å². The smallest absolute Gasteiger partial charge is 0.317 e. The fraction of sp³-hybridized carbons (Fsp3) is 0.407. The van der Waals surface area contributed by atoms with Crippen LogP contribution in [0.5, 0.6) is 0 Å². The first-order valence-corrected chi connectivity index (χ1v) is 12.4. The number of rotatable bonds is 8. The van der Waals surface area contributed by atoms with Crippen LogP contribution in [0.4, 0.5) is 5.69 Å². The Bertz CT molecular complexity index is 1240. The largest absolute Gasteiger partial charge is 0.333 e. The van der Waals surface area contributed by atoms with Gasteiger partial charge in [0.2, 0.25) is 5.91 Å². The number of piperidine rings is 1. The van der Waals surface area contributed by atoms with Crippen LogP contribution in [0, 0.1) is 5.92 Å². The number of para-hydroxylation sites is 2. The van der Waals surface area contributed by atoms with Gasteiger partial charge in [-0.1, -0.05) is 43.3 Å².